The van der Waals surface area contributed by atoms with E-state index in [1.807, 2.05) is 6.92 Å². The van der Waals surface area contributed by atoms with Crippen LogP contribution in [0.4, 0.5) is 14.5 Å². The summed E-state index contributed by atoms with van der Waals surface area (Å²) >= 11 is 0. The van der Waals surface area contributed by atoms with Crippen LogP contribution >= 0.6 is 0 Å². The standard InChI is InChI=1S/C15H20F2N4/c1-11(10-21-5-3-20(2)4-6-21)19-15-13(16)7-12(9-18)8-14(15)17/h7-8,11,19H,3-6,10H2,1-2H3. The minimum atomic E-state index is -0.725. The molecule has 0 saturated carbocycles. The van der Waals surface area contributed by atoms with Gasteiger partial charge in [0.2, 0.25) is 0 Å². The topological polar surface area (TPSA) is 42.3 Å². The molecule has 114 valence electrons. The molecule has 0 bridgehead atoms. The highest BCUT2D eigenvalue weighted by Gasteiger charge is 2.18. The number of anilines is 1. The number of hydrogen-bond acceptors (Lipinski definition) is 4. The van der Waals surface area contributed by atoms with Gasteiger partial charge in [-0.1, -0.05) is 0 Å². The smallest absolute Gasteiger partial charge is 0.150 e. The number of nitrogens with one attached hydrogen (secondary N) is 1. The molecule has 2 rings (SSSR count). The Hall–Kier alpha value is -1.71. The van der Waals surface area contributed by atoms with Crippen LogP contribution in [0, 0.1) is 23.0 Å². The molecule has 0 radical (unpaired) electrons. The summed E-state index contributed by atoms with van der Waals surface area (Å²) in [6, 6.07) is 3.76. The van der Waals surface area contributed by atoms with Crippen molar-refractivity contribution in [2.45, 2.75) is 13.0 Å². The van der Waals surface area contributed by atoms with E-state index >= 15 is 0 Å². The maximum Gasteiger partial charge on any atom is 0.150 e. The fourth-order valence-electron chi connectivity index (χ4n) is 2.49. The Balaban J connectivity index is 1.97. The first-order valence-electron chi connectivity index (χ1n) is 7.06. The second-order valence-corrected chi connectivity index (χ2v) is 5.58. The lowest BCUT2D eigenvalue weighted by Crippen LogP contribution is -2.47. The van der Waals surface area contributed by atoms with Gasteiger partial charge in [-0.3, -0.25) is 4.90 Å². The molecule has 0 spiro atoms. The van der Waals surface area contributed by atoms with E-state index < -0.39 is 11.6 Å². The zero-order chi connectivity index (χ0) is 15.4. The molecule has 1 heterocycles. The average molecular weight is 294 g/mol. The highest BCUT2D eigenvalue weighted by atomic mass is 19.1. The van der Waals surface area contributed by atoms with Crippen molar-refractivity contribution in [3.63, 3.8) is 0 Å². The Morgan fingerprint density at radius 2 is 1.81 bits per heavy atom. The molecule has 1 fully saturated rings. The van der Waals surface area contributed by atoms with Crippen molar-refractivity contribution in [3.05, 3.63) is 29.3 Å². The van der Waals surface area contributed by atoms with Crippen LogP contribution < -0.4 is 5.32 Å². The van der Waals surface area contributed by atoms with Crippen LogP contribution in [0.15, 0.2) is 12.1 Å². The number of piperazine rings is 1. The van der Waals surface area contributed by atoms with Gasteiger partial charge in [-0.05, 0) is 26.1 Å². The Labute approximate surface area is 124 Å². The van der Waals surface area contributed by atoms with Crippen molar-refractivity contribution in [2.24, 2.45) is 0 Å². The fraction of sp³-hybridized carbons (Fsp3) is 0.533. The SMILES string of the molecule is CC(CN1CCN(C)CC1)Nc1c(F)cc(C#N)cc1F. The van der Waals surface area contributed by atoms with Crippen molar-refractivity contribution in [1.82, 2.24) is 9.80 Å². The van der Waals surface area contributed by atoms with E-state index in [4.69, 9.17) is 5.26 Å². The lowest BCUT2D eigenvalue weighted by molar-refractivity contribution is 0.151. The summed E-state index contributed by atoms with van der Waals surface area (Å²) in [6.07, 6.45) is 0. The summed E-state index contributed by atoms with van der Waals surface area (Å²) in [5.41, 5.74) is -0.169. The number of rotatable bonds is 4. The molecule has 21 heavy (non-hydrogen) atoms. The summed E-state index contributed by atoms with van der Waals surface area (Å²) in [6.45, 7) is 6.56. The summed E-state index contributed by atoms with van der Waals surface area (Å²) in [5, 5.41) is 11.6. The molecule has 1 aliphatic rings. The van der Waals surface area contributed by atoms with Gasteiger partial charge in [0.05, 0.1) is 11.6 Å². The molecular formula is C15H20F2N4. The Bertz CT molecular complexity index is 510. The van der Waals surface area contributed by atoms with Gasteiger partial charge in [0.25, 0.3) is 0 Å². The molecule has 1 aromatic rings. The Morgan fingerprint density at radius 3 is 2.33 bits per heavy atom. The first-order valence-corrected chi connectivity index (χ1v) is 7.06. The molecule has 1 N–H and O–H groups in total. The highest BCUT2D eigenvalue weighted by molar-refractivity contribution is 5.50. The quantitative estimate of drug-likeness (QED) is 0.921. The molecular weight excluding hydrogens is 274 g/mol. The Morgan fingerprint density at radius 1 is 1.24 bits per heavy atom. The van der Waals surface area contributed by atoms with Gasteiger partial charge >= 0.3 is 0 Å². The second kappa shape index (κ2) is 6.83. The lowest BCUT2D eigenvalue weighted by Gasteiger charge is -2.34. The van der Waals surface area contributed by atoms with Crippen LogP contribution in [0.3, 0.4) is 0 Å². The molecule has 4 nitrogen and oxygen atoms in total. The molecule has 1 aliphatic heterocycles. The molecule has 0 aromatic heterocycles. The zero-order valence-corrected chi connectivity index (χ0v) is 12.4. The molecule has 1 aromatic carbocycles. The predicted molar refractivity (Wildman–Crippen MR) is 78.1 cm³/mol. The van der Waals surface area contributed by atoms with Gasteiger partial charge in [-0.2, -0.15) is 5.26 Å². The van der Waals surface area contributed by atoms with Crippen LogP contribution in [0.25, 0.3) is 0 Å². The van der Waals surface area contributed by atoms with Crippen molar-refractivity contribution in [2.75, 3.05) is 45.1 Å². The van der Waals surface area contributed by atoms with Gasteiger partial charge in [0, 0.05) is 38.8 Å². The molecule has 1 unspecified atom stereocenters. The van der Waals surface area contributed by atoms with Crippen LogP contribution in [0.2, 0.25) is 0 Å². The van der Waals surface area contributed by atoms with Crippen molar-refractivity contribution < 1.29 is 8.78 Å². The largest absolute Gasteiger partial charge is 0.377 e. The van der Waals surface area contributed by atoms with Crippen molar-refractivity contribution in [3.8, 4) is 6.07 Å². The lowest BCUT2D eigenvalue weighted by atomic mass is 10.1. The summed E-state index contributed by atoms with van der Waals surface area (Å²) in [4.78, 5) is 4.53. The maximum absolute atomic E-state index is 13.8. The van der Waals surface area contributed by atoms with E-state index in [2.05, 4.69) is 22.2 Å². The van der Waals surface area contributed by atoms with Crippen LogP contribution in [-0.2, 0) is 0 Å². The first kappa shape index (κ1) is 15.7. The minimum Gasteiger partial charge on any atom is -0.377 e. The summed E-state index contributed by atoms with van der Waals surface area (Å²) < 4.78 is 27.6. The van der Waals surface area contributed by atoms with Crippen molar-refractivity contribution in [1.29, 1.82) is 5.26 Å². The van der Waals surface area contributed by atoms with E-state index in [0.717, 1.165) is 44.9 Å². The van der Waals surface area contributed by atoms with Crippen LogP contribution in [0.1, 0.15) is 12.5 Å². The van der Waals surface area contributed by atoms with Gasteiger partial charge in [0.15, 0.2) is 11.6 Å². The monoisotopic (exact) mass is 294 g/mol. The van der Waals surface area contributed by atoms with E-state index in [1.54, 1.807) is 6.07 Å². The first-order chi connectivity index (χ1) is 9.99. The molecule has 6 heteroatoms. The van der Waals surface area contributed by atoms with Gasteiger partial charge in [-0.25, -0.2) is 8.78 Å². The molecule has 0 amide bonds. The van der Waals surface area contributed by atoms with Gasteiger partial charge < -0.3 is 10.2 Å². The third kappa shape index (κ3) is 4.13. The normalized spacial score (nSPS) is 18.2. The van der Waals surface area contributed by atoms with Gasteiger partial charge in [-0.15, -0.1) is 0 Å². The number of nitriles is 1. The second-order valence-electron chi connectivity index (χ2n) is 5.58. The van der Waals surface area contributed by atoms with E-state index in [0.29, 0.717) is 0 Å². The van der Waals surface area contributed by atoms with Crippen molar-refractivity contribution >= 4 is 5.69 Å². The van der Waals surface area contributed by atoms with E-state index in [-0.39, 0.29) is 17.3 Å². The minimum absolute atomic E-state index is 0.0118. The van der Waals surface area contributed by atoms with E-state index in [1.165, 1.54) is 0 Å². The fourth-order valence-corrected chi connectivity index (χ4v) is 2.49. The Kier molecular flexibility index (Phi) is 5.10. The third-order valence-corrected chi connectivity index (χ3v) is 3.69. The van der Waals surface area contributed by atoms with Gasteiger partial charge in [0.1, 0.15) is 5.69 Å². The molecule has 1 atom stereocenters. The van der Waals surface area contributed by atoms with Crippen LogP contribution in [0.5, 0.6) is 0 Å². The maximum atomic E-state index is 13.8. The highest BCUT2D eigenvalue weighted by Crippen LogP contribution is 2.21. The van der Waals surface area contributed by atoms with Crippen LogP contribution in [-0.4, -0.2) is 55.6 Å². The predicted octanol–water partition coefficient (Wildman–Crippen LogP) is 1.88. The number of benzene rings is 1. The number of halogens is 2. The number of nitrogens with zero attached hydrogens (tertiary/aromatic N) is 3. The number of hydrogen-bond donors (Lipinski definition) is 1. The number of likely N-dealkylation sites (N-methyl/N-ethyl adjacent to an activating group) is 1. The zero-order valence-electron chi connectivity index (χ0n) is 12.4. The van der Waals surface area contributed by atoms with E-state index in [9.17, 15) is 8.78 Å². The summed E-state index contributed by atoms with van der Waals surface area (Å²) in [5.74, 6) is -1.45. The third-order valence-electron chi connectivity index (χ3n) is 3.69. The average Bonchev–Trinajstić information content (AvgIpc) is 2.45. The molecule has 0 aliphatic carbocycles. The summed E-state index contributed by atoms with van der Waals surface area (Å²) in [7, 11) is 2.08. The molecule has 1 saturated heterocycles.